The van der Waals surface area contributed by atoms with Crippen LogP contribution in [0.25, 0.3) is 4.85 Å². The second-order valence-electron chi connectivity index (χ2n) is 9.26. The Morgan fingerprint density at radius 1 is 1.17 bits per heavy atom. The van der Waals surface area contributed by atoms with Crippen LogP contribution in [0, 0.1) is 17.1 Å². The number of nitrogens with zero attached hydrogens (tertiary/aromatic N) is 5. The lowest BCUT2D eigenvalue weighted by molar-refractivity contribution is -0.122. The van der Waals surface area contributed by atoms with E-state index in [9.17, 15) is 13.2 Å². The minimum Gasteiger partial charge on any atom is -0.329 e. The third kappa shape index (κ3) is 6.72. The lowest BCUT2D eigenvalue weighted by atomic mass is 10.1. The van der Waals surface area contributed by atoms with E-state index >= 15 is 0 Å². The number of benzene rings is 2. The van der Waals surface area contributed by atoms with E-state index in [0.29, 0.717) is 31.7 Å². The van der Waals surface area contributed by atoms with Crippen LogP contribution < -0.4 is 4.90 Å². The number of halogens is 1. The number of carbonyl (C=O) groups excluding carboxylic acids is 1. The van der Waals surface area contributed by atoms with Gasteiger partial charge in [0.05, 0.1) is 30.9 Å². The largest absolute Gasteiger partial charge is 0.329 e. The van der Waals surface area contributed by atoms with Crippen molar-refractivity contribution in [3.8, 4) is 0 Å². The van der Waals surface area contributed by atoms with E-state index in [-0.39, 0.29) is 24.2 Å². The van der Waals surface area contributed by atoms with Gasteiger partial charge in [0.1, 0.15) is 9.84 Å². The first-order chi connectivity index (χ1) is 17.1. The summed E-state index contributed by atoms with van der Waals surface area (Å²) in [6, 6.07) is 13.4. The van der Waals surface area contributed by atoms with Gasteiger partial charge in [-0.2, -0.15) is 0 Å². The molecule has 10 heteroatoms. The number of rotatable bonds is 8. The molecule has 2 heterocycles. The van der Waals surface area contributed by atoms with Gasteiger partial charge in [0.15, 0.2) is 5.69 Å². The van der Waals surface area contributed by atoms with Crippen LogP contribution in [0.2, 0.25) is 0 Å². The van der Waals surface area contributed by atoms with Crippen molar-refractivity contribution in [2.24, 2.45) is 0 Å². The smallest absolute Gasteiger partial charge is 0.241 e. The van der Waals surface area contributed by atoms with Crippen molar-refractivity contribution in [1.29, 1.82) is 0 Å². The summed E-state index contributed by atoms with van der Waals surface area (Å²) >= 11 is 2.25. The van der Waals surface area contributed by atoms with Crippen LogP contribution in [0.3, 0.4) is 0 Å². The maximum Gasteiger partial charge on any atom is 0.241 e. The predicted molar refractivity (Wildman–Crippen MR) is 149 cm³/mol. The molecule has 0 N–H and O–H groups in total. The van der Waals surface area contributed by atoms with Gasteiger partial charge >= 0.3 is 0 Å². The number of amides is 1. The standard InChI is InChI=1S/C26H28IN5O3S/c1-19-10-21(27)12-24(11-19)32-16-23(8-9-36(3,34)35)30(17-26(32)33)15-25-13-29-18-31(25)14-20-4-6-22(28-2)7-5-20/h4-7,10-13,18,23H,8-9,14-17H2,1,3H3/t23-/m0/s1. The van der Waals surface area contributed by atoms with Crippen molar-refractivity contribution >= 4 is 49.7 Å². The molecule has 0 saturated carbocycles. The Kier molecular flexibility index (Phi) is 8.12. The Morgan fingerprint density at radius 2 is 1.92 bits per heavy atom. The highest BCUT2D eigenvalue weighted by Gasteiger charge is 2.34. The molecular weight excluding hydrogens is 589 g/mol. The highest BCUT2D eigenvalue weighted by molar-refractivity contribution is 14.1. The minimum atomic E-state index is -3.14. The number of carbonyl (C=O) groups is 1. The van der Waals surface area contributed by atoms with Gasteiger partial charge in [-0.25, -0.2) is 18.2 Å². The van der Waals surface area contributed by atoms with Crippen LogP contribution in [-0.2, 0) is 27.7 Å². The van der Waals surface area contributed by atoms with Gasteiger partial charge in [0.2, 0.25) is 5.91 Å². The molecule has 1 amide bonds. The fourth-order valence-electron chi connectivity index (χ4n) is 4.45. The highest BCUT2D eigenvalue weighted by Crippen LogP contribution is 2.26. The van der Waals surface area contributed by atoms with Crippen molar-refractivity contribution in [2.75, 3.05) is 30.0 Å². The fourth-order valence-corrected chi connectivity index (χ4v) is 5.96. The molecule has 3 aromatic rings. The van der Waals surface area contributed by atoms with Crippen LogP contribution in [-0.4, -0.2) is 59.9 Å². The third-order valence-electron chi connectivity index (χ3n) is 6.29. The number of sulfone groups is 1. The molecule has 8 nitrogen and oxygen atoms in total. The molecule has 1 aliphatic rings. The summed E-state index contributed by atoms with van der Waals surface area (Å²) in [7, 11) is -3.14. The van der Waals surface area contributed by atoms with E-state index in [4.69, 9.17) is 6.57 Å². The molecule has 2 aromatic carbocycles. The maximum atomic E-state index is 13.3. The van der Waals surface area contributed by atoms with Crippen molar-refractivity contribution in [3.05, 3.63) is 86.8 Å². The minimum absolute atomic E-state index is 0.00666. The zero-order chi connectivity index (χ0) is 25.9. The van der Waals surface area contributed by atoms with E-state index in [2.05, 4.69) is 43.4 Å². The van der Waals surface area contributed by atoms with Crippen LogP contribution in [0.15, 0.2) is 55.0 Å². The number of imidazole rings is 1. The second-order valence-corrected chi connectivity index (χ2v) is 12.8. The van der Waals surface area contributed by atoms with Crippen LogP contribution in [0.1, 0.15) is 23.2 Å². The van der Waals surface area contributed by atoms with E-state index in [1.807, 2.05) is 35.8 Å². The molecule has 1 saturated heterocycles. The summed E-state index contributed by atoms with van der Waals surface area (Å²) < 4.78 is 27.0. The zero-order valence-electron chi connectivity index (χ0n) is 20.3. The Hall–Kier alpha value is -2.75. The molecule has 0 spiro atoms. The summed E-state index contributed by atoms with van der Waals surface area (Å²) in [5, 5.41) is 0. The van der Waals surface area contributed by atoms with Crippen molar-refractivity contribution in [1.82, 2.24) is 14.5 Å². The van der Waals surface area contributed by atoms with Gasteiger partial charge in [0, 0.05) is 47.4 Å². The summed E-state index contributed by atoms with van der Waals surface area (Å²) in [6.07, 6.45) is 5.25. The predicted octanol–water partition coefficient (Wildman–Crippen LogP) is 4.05. The van der Waals surface area contributed by atoms with Gasteiger partial charge in [-0.05, 0) is 65.3 Å². The van der Waals surface area contributed by atoms with E-state index in [1.54, 1.807) is 29.6 Å². The monoisotopic (exact) mass is 617 g/mol. The summed E-state index contributed by atoms with van der Waals surface area (Å²) in [5.74, 6) is 0.0570. The van der Waals surface area contributed by atoms with Crippen LogP contribution in [0.4, 0.5) is 11.4 Å². The molecule has 0 aliphatic carbocycles. The van der Waals surface area contributed by atoms with Gasteiger partial charge < -0.3 is 9.47 Å². The first-order valence-corrected chi connectivity index (χ1v) is 14.7. The highest BCUT2D eigenvalue weighted by atomic mass is 127. The summed E-state index contributed by atoms with van der Waals surface area (Å²) in [6.45, 7) is 10.8. The number of aryl methyl sites for hydroxylation is 1. The first-order valence-electron chi connectivity index (χ1n) is 11.6. The molecule has 0 unspecified atom stereocenters. The number of piperazine rings is 1. The average Bonchev–Trinajstić information content (AvgIpc) is 3.24. The van der Waals surface area contributed by atoms with Crippen molar-refractivity contribution in [2.45, 2.75) is 32.5 Å². The molecule has 0 radical (unpaired) electrons. The number of aromatic nitrogens is 2. The van der Waals surface area contributed by atoms with Crippen molar-refractivity contribution in [3.63, 3.8) is 0 Å². The Balaban J connectivity index is 1.55. The number of anilines is 1. The Labute approximate surface area is 225 Å². The second kappa shape index (κ2) is 11.1. The normalized spacial score (nSPS) is 16.8. The lowest BCUT2D eigenvalue weighted by Gasteiger charge is -2.41. The SMILES string of the molecule is [C-]#[N+]c1ccc(Cn2cncc2CN2CC(=O)N(c3cc(C)cc(I)c3)C[C@@H]2CCS(C)(=O)=O)cc1. The lowest BCUT2D eigenvalue weighted by Crippen LogP contribution is -2.56. The Bertz CT molecular complexity index is 1380. The molecule has 1 aromatic heterocycles. The van der Waals surface area contributed by atoms with Gasteiger partial charge in [-0.15, -0.1) is 0 Å². The van der Waals surface area contributed by atoms with Gasteiger partial charge in [-0.1, -0.05) is 24.3 Å². The van der Waals surface area contributed by atoms with E-state index in [0.717, 1.165) is 26.1 Å². The number of hydrogen-bond acceptors (Lipinski definition) is 5. The molecule has 36 heavy (non-hydrogen) atoms. The third-order valence-corrected chi connectivity index (χ3v) is 7.89. The molecule has 1 aliphatic heterocycles. The summed E-state index contributed by atoms with van der Waals surface area (Å²) in [4.78, 5) is 24.9. The quantitative estimate of drug-likeness (QED) is 0.282. The first kappa shape index (κ1) is 26.3. The van der Waals surface area contributed by atoms with Gasteiger partial charge in [0.25, 0.3) is 0 Å². The molecule has 1 atom stereocenters. The molecular formula is C26H28IN5O3S. The summed E-state index contributed by atoms with van der Waals surface area (Å²) in [5.41, 5.74) is 4.51. The van der Waals surface area contributed by atoms with Gasteiger partial charge in [-0.3, -0.25) is 9.69 Å². The molecule has 188 valence electrons. The number of hydrogen-bond donors (Lipinski definition) is 0. The molecule has 1 fully saturated rings. The molecule has 0 bridgehead atoms. The van der Waals surface area contributed by atoms with Crippen LogP contribution >= 0.6 is 22.6 Å². The zero-order valence-corrected chi connectivity index (χ0v) is 23.2. The maximum absolute atomic E-state index is 13.3. The topological polar surface area (TPSA) is 79.9 Å². The Morgan fingerprint density at radius 3 is 2.58 bits per heavy atom. The van der Waals surface area contributed by atoms with E-state index < -0.39 is 9.84 Å². The van der Waals surface area contributed by atoms with Crippen molar-refractivity contribution < 1.29 is 13.2 Å². The van der Waals surface area contributed by atoms with Crippen LogP contribution in [0.5, 0.6) is 0 Å². The van der Waals surface area contributed by atoms with E-state index in [1.165, 1.54) is 6.26 Å². The fraction of sp³-hybridized carbons (Fsp3) is 0.346. The average molecular weight is 618 g/mol. The molecule has 4 rings (SSSR count).